The molecule has 1 rings (SSSR count). The summed E-state index contributed by atoms with van der Waals surface area (Å²) < 4.78 is 15.1. The van der Waals surface area contributed by atoms with Crippen LogP contribution in [0.4, 0.5) is 0 Å². The Balaban J connectivity index is 2.17. The van der Waals surface area contributed by atoms with Crippen molar-refractivity contribution >= 4 is 5.97 Å². The molecule has 0 heterocycles. The van der Waals surface area contributed by atoms with Gasteiger partial charge in [0, 0.05) is 20.3 Å². The number of hydrogen-bond donors (Lipinski definition) is 1. The van der Waals surface area contributed by atoms with Crippen molar-refractivity contribution in [3.63, 3.8) is 0 Å². The van der Waals surface area contributed by atoms with E-state index < -0.39 is 0 Å². The largest absolute Gasteiger partial charge is 0.465 e. The predicted octanol–water partition coefficient (Wildman–Crippen LogP) is 2.01. The highest BCUT2D eigenvalue weighted by molar-refractivity contribution is 5.90. The number of nitrogens with one attached hydrogen (secondary N) is 1. The fraction of sp³-hybridized carbons (Fsp3) is 0.562. The molecule has 0 atom stereocenters. The van der Waals surface area contributed by atoms with Crippen LogP contribution in [0, 0.1) is 0 Å². The van der Waals surface area contributed by atoms with Gasteiger partial charge in [-0.2, -0.15) is 0 Å². The molecule has 0 unspecified atom stereocenters. The molecule has 0 aromatic heterocycles. The van der Waals surface area contributed by atoms with E-state index in [2.05, 4.69) is 5.32 Å². The van der Waals surface area contributed by atoms with Gasteiger partial charge >= 0.3 is 5.97 Å². The van der Waals surface area contributed by atoms with Gasteiger partial charge < -0.3 is 19.5 Å². The Morgan fingerprint density at radius 2 is 1.90 bits per heavy atom. The van der Waals surface area contributed by atoms with Crippen LogP contribution in [0.1, 0.15) is 28.8 Å². The molecule has 0 fully saturated rings. The molecule has 1 aromatic carbocycles. The highest BCUT2D eigenvalue weighted by Gasteiger charge is 2.09. The topological polar surface area (TPSA) is 56.8 Å². The van der Waals surface area contributed by atoms with Crippen molar-refractivity contribution in [3.05, 3.63) is 35.4 Å². The molecule has 118 valence electrons. The highest BCUT2D eigenvalue weighted by Crippen LogP contribution is 2.09. The Bertz CT molecular complexity index is 409. The number of hydrogen-bond acceptors (Lipinski definition) is 5. The monoisotopic (exact) mass is 295 g/mol. The minimum atomic E-state index is -0.293. The number of carbonyl (C=O) groups is 1. The van der Waals surface area contributed by atoms with Gasteiger partial charge in [-0.1, -0.05) is 18.2 Å². The zero-order valence-electron chi connectivity index (χ0n) is 12.9. The Hall–Kier alpha value is -1.43. The maximum atomic E-state index is 11.6. The first-order valence-corrected chi connectivity index (χ1v) is 7.23. The summed E-state index contributed by atoms with van der Waals surface area (Å²) in [5, 5.41) is 3.34. The van der Waals surface area contributed by atoms with Crippen LogP contribution < -0.4 is 5.32 Å². The van der Waals surface area contributed by atoms with Gasteiger partial charge in [-0.15, -0.1) is 0 Å². The molecule has 0 amide bonds. The van der Waals surface area contributed by atoms with Gasteiger partial charge in [-0.25, -0.2) is 4.79 Å². The van der Waals surface area contributed by atoms with Crippen molar-refractivity contribution in [1.82, 2.24) is 5.32 Å². The second kappa shape index (κ2) is 11.3. The van der Waals surface area contributed by atoms with Crippen LogP contribution >= 0.6 is 0 Å². The van der Waals surface area contributed by atoms with Crippen LogP contribution in [0.5, 0.6) is 0 Å². The Kier molecular flexibility index (Phi) is 9.44. The van der Waals surface area contributed by atoms with Gasteiger partial charge in [0.2, 0.25) is 0 Å². The number of benzene rings is 1. The van der Waals surface area contributed by atoms with E-state index in [0.717, 1.165) is 31.6 Å². The molecule has 1 aromatic rings. The molecule has 5 nitrogen and oxygen atoms in total. The summed E-state index contributed by atoms with van der Waals surface area (Å²) in [4.78, 5) is 11.6. The van der Waals surface area contributed by atoms with Crippen molar-refractivity contribution in [2.75, 3.05) is 40.6 Å². The zero-order chi connectivity index (χ0) is 15.3. The first-order chi connectivity index (χ1) is 10.3. The summed E-state index contributed by atoms with van der Waals surface area (Å²) in [7, 11) is 3.07. The molecule has 0 bridgehead atoms. The van der Waals surface area contributed by atoms with Crippen LogP contribution in [0.25, 0.3) is 0 Å². The molecule has 5 heteroatoms. The number of esters is 1. The Morgan fingerprint density at radius 3 is 2.67 bits per heavy atom. The standard InChI is InChI=1S/C16H25NO4/c1-19-11-12-21-10-6-5-9-17-13-14-7-3-4-8-15(14)16(18)20-2/h3-4,7-8,17H,5-6,9-13H2,1-2H3. The molecule has 1 N–H and O–H groups in total. The smallest absolute Gasteiger partial charge is 0.338 e. The van der Waals surface area contributed by atoms with Crippen LogP contribution in [-0.2, 0) is 20.8 Å². The van der Waals surface area contributed by atoms with Crippen molar-refractivity contribution in [2.24, 2.45) is 0 Å². The van der Waals surface area contributed by atoms with Crippen molar-refractivity contribution in [1.29, 1.82) is 0 Å². The van der Waals surface area contributed by atoms with E-state index in [9.17, 15) is 4.79 Å². The lowest BCUT2D eigenvalue weighted by Gasteiger charge is -2.09. The average Bonchev–Trinajstić information content (AvgIpc) is 2.53. The summed E-state index contributed by atoms with van der Waals surface area (Å²) >= 11 is 0. The number of carbonyl (C=O) groups excluding carboxylic acids is 1. The Morgan fingerprint density at radius 1 is 1.10 bits per heavy atom. The normalized spacial score (nSPS) is 10.6. The lowest BCUT2D eigenvalue weighted by atomic mass is 10.1. The third-order valence-electron chi connectivity index (χ3n) is 3.06. The van der Waals surface area contributed by atoms with Crippen LogP contribution in [0.3, 0.4) is 0 Å². The summed E-state index contributed by atoms with van der Waals surface area (Å²) in [6.45, 7) is 3.60. The van der Waals surface area contributed by atoms with Gasteiger partial charge in [-0.3, -0.25) is 0 Å². The van der Waals surface area contributed by atoms with E-state index in [4.69, 9.17) is 14.2 Å². The molecular formula is C16H25NO4. The molecule has 0 saturated heterocycles. The maximum Gasteiger partial charge on any atom is 0.338 e. The van der Waals surface area contributed by atoms with E-state index in [1.165, 1.54) is 7.11 Å². The number of methoxy groups -OCH3 is 2. The van der Waals surface area contributed by atoms with Crippen molar-refractivity contribution < 1.29 is 19.0 Å². The van der Waals surface area contributed by atoms with Crippen molar-refractivity contribution in [2.45, 2.75) is 19.4 Å². The molecule has 0 radical (unpaired) electrons. The third kappa shape index (κ3) is 7.22. The number of unbranched alkanes of at least 4 members (excludes halogenated alkanes) is 1. The lowest BCUT2D eigenvalue weighted by molar-refractivity contribution is 0.0599. The average molecular weight is 295 g/mol. The lowest BCUT2D eigenvalue weighted by Crippen LogP contribution is -2.18. The highest BCUT2D eigenvalue weighted by atomic mass is 16.5. The summed E-state index contributed by atoms with van der Waals surface area (Å²) in [6.07, 6.45) is 2.04. The molecule has 0 saturated carbocycles. The molecule has 0 spiro atoms. The van der Waals surface area contributed by atoms with Gasteiger partial charge in [0.1, 0.15) is 0 Å². The van der Waals surface area contributed by atoms with Crippen LogP contribution in [0.15, 0.2) is 24.3 Å². The van der Waals surface area contributed by atoms with Gasteiger partial charge in [0.05, 0.1) is 25.9 Å². The molecule has 0 aliphatic carbocycles. The first kappa shape index (κ1) is 17.6. The zero-order valence-corrected chi connectivity index (χ0v) is 12.9. The molecular weight excluding hydrogens is 270 g/mol. The maximum absolute atomic E-state index is 11.6. The number of rotatable bonds is 11. The second-order valence-electron chi connectivity index (χ2n) is 4.64. The van der Waals surface area contributed by atoms with E-state index >= 15 is 0 Å². The van der Waals surface area contributed by atoms with Gasteiger partial charge in [0.25, 0.3) is 0 Å². The minimum Gasteiger partial charge on any atom is -0.465 e. The van der Waals surface area contributed by atoms with E-state index in [1.807, 2.05) is 18.2 Å². The van der Waals surface area contributed by atoms with Crippen LogP contribution in [0.2, 0.25) is 0 Å². The predicted molar refractivity (Wildman–Crippen MR) is 81.4 cm³/mol. The fourth-order valence-corrected chi connectivity index (χ4v) is 1.91. The van der Waals surface area contributed by atoms with Gasteiger partial charge in [0.15, 0.2) is 0 Å². The molecule has 0 aliphatic heterocycles. The number of ether oxygens (including phenoxy) is 3. The third-order valence-corrected chi connectivity index (χ3v) is 3.06. The minimum absolute atomic E-state index is 0.293. The second-order valence-corrected chi connectivity index (χ2v) is 4.64. The van der Waals surface area contributed by atoms with E-state index in [-0.39, 0.29) is 5.97 Å². The van der Waals surface area contributed by atoms with Crippen LogP contribution in [-0.4, -0.2) is 46.6 Å². The van der Waals surface area contributed by atoms with E-state index in [0.29, 0.717) is 25.3 Å². The molecule has 0 aliphatic rings. The summed E-state index contributed by atoms with van der Waals surface area (Å²) in [5.41, 5.74) is 1.58. The van der Waals surface area contributed by atoms with Crippen molar-refractivity contribution in [3.8, 4) is 0 Å². The van der Waals surface area contributed by atoms with Gasteiger partial charge in [-0.05, 0) is 31.0 Å². The Labute approximate surface area is 126 Å². The fourth-order valence-electron chi connectivity index (χ4n) is 1.91. The van der Waals surface area contributed by atoms with E-state index in [1.54, 1.807) is 13.2 Å². The first-order valence-electron chi connectivity index (χ1n) is 7.23. The molecule has 21 heavy (non-hydrogen) atoms. The summed E-state index contributed by atoms with van der Waals surface area (Å²) in [6, 6.07) is 7.49. The quantitative estimate of drug-likeness (QED) is 0.500. The summed E-state index contributed by atoms with van der Waals surface area (Å²) in [5.74, 6) is -0.293. The SMILES string of the molecule is COCCOCCCCNCc1ccccc1C(=O)OC.